The molecule has 1 amide bonds. The van der Waals surface area contributed by atoms with Crippen molar-refractivity contribution in [3.05, 3.63) is 48.5 Å². The van der Waals surface area contributed by atoms with Gasteiger partial charge in [0, 0.05) is 44.5 Å². The highest BCUT2D eigenvalue weighted by atomic mass is 16.3. The number of para-hydroxylation sites is 1. The van der Waals surface area contributed by atoms with Crippen LogP contribution < -0.4 is 0 Å². The molecule has 5 heteroatoms. The van der Waals surface area contributed by atoms with Crippen LogP contribution in [0.15, 0.2) is 43.0 Å². The van der Waals surface area contributed by atoms with Crippen LogP contribution in [0.3, 0.4) is 0 Å². The van der Waals surface area contributed by atoms with Gasteiger partial charge in [0.2, 0.25) is 5.91 Å². The van der Waals surface area contributed by atoms with Gasteiger partial charge in [0.1, 0.15) is 5.75 Å². The van der Waals surface area contributed by atoms with Crippen LogP contribution >= 0.6 is 0 Å². The van der Waals surface area contributed by atoms with Gasteiger partial charge < -0.3 is 14.6 Å². The minimum atomic E-state index is 0.0772. The van der Waals surface area contributed by atoms with E-state index in [-0.39, 0.29) is 11.7 Å². The van der Waals surface area contributed by atoms with Crippen LogP contribution in [-0.2, 0) is 17.9 Å². The molecule has 5 nitrogen and oxygen atoms in total. The molecule has 20 heavy (non-hydrogen) atoms. The number of rotatable bonds is 6. The zero-order chi connectivity index (χ0) is 14.4. The van der Waals surface area contributed by atoms with Crippen LogP contribution in [-0.4, -0.2) is 32.5 Å². The molecule has 106 valence electrons. The third-order valence-electron chi connectivity index (χ3n) is 3.19. The lowest BCUT2D eigenvalue weighted by atomic mass is 10.2. The summed E-state index contributed by atoms with van der Waals surface area (Å²) in [6.45, 7) is 1.22. The summed E-state index contributed by atoms with van der Waals surface area (Å²) in [6.07, 6.45) is 6.63. The second-order valence-corrected chi connectivity index (χ2v) is 4.78. The van der Waals surface area contributed by atoms with E-state index in [0.29, 0.717) is 13.0 Å². The van der Waals surface area contributed by atoms with Crippen LogP contribution in [0.4, 0.5) is 0 Å². The Hall–Kier alpha value is -2.30. The lowest BCUT2D eigenvalue weighted by Gasteiger charge is -2.18. The molecule has 1 aromatic carbocycles. The number of phenols is 1. The SMILES string of the molecule is CN(Cc1ccccc1O)C(=O)CCCn1ccnc1. The molecule has 2 aromatic rings. The number of hydrogen-bond donors (Lipinski definition) is 1. The zero-order valence-electron chi connectivity index (χ0n) is 11.6. The third kappa shape index (κ3) is 3.85. The fourth-order valence-electron chi connectivity index (χ4n) is 2.01. The van der Waals surface area contributed by atoms with Gasteiger partial charge >= 0.3 is 0 Å². The highest BCUT2D eigenvalue weighted by molar-refractivity contribution is 5.75. The number of nitrogens with zero attached hydrogens (tertiary/aromatic N) is 3. The van der Waals surface area contributed by atoms with Gasteiger partial charge in [-0.25, -0.2) is 4.98 Å². The fourth-order valence-corrected chi connectivity index (χ4v) is 2.01. The van der Waals surface area contributed by atoms with E-state index in [1.807, 2.05) is 22.9 Å². The molecule has 0 unspecified atom stereocenters. The molecular formula is C15H19N3O2. The first-order valence-electron chi connectivity index (χ1n) is 6.63. The smallest absolute Gasteiger partial charge is 0.222 e. The largest absolute Gasteiger partial charge is 0.508 e. The Labute approximate surface area is 118 Å². The van der Waals surface area contributed by atoms with Crippen LogP contribution in [0.25, 0.3) is 0 Å². The minimum Gasteiger partial charge on any atom is -0.508 e. The average Bonchev–Trinajstić information content (AvgIpc) is 2.94. The quantitative estimate of drug-likeness (QED) is 0.876. The standard InChI is InChI=1S/C15H19N3O2/c1-17(11-13-5-2-3-6-14(13)19)15(20)7-4-9-18-10-8-16-12-18/h2-3,5-6,8,10,12,19H,4,7,9,11H2,1H3. The number of hydrogen-bond acceptors (Lipinski definition) is 3. The van der Waals surface area contributed by atoms with Gasteiger partial charge in [-0.05, 0) is 12.5 Å². The number of benzene rings is 1. The molecule has 1 aromatic heterocycles. The summed E-state index contributed by atoms with van der Waals surface area (Å²) in [7, 11) is 1.76. The van der Waals surface area contributed by atoms with E-state index in [2.05, 4.69) is 4.98 Å². The van der Waals surface area contributed by atoms with Gasteiger partial charge in [-0.2, -0.15) is 0 Å². The molecular weight excluding hydrogens is 254 g/mol. The van der Waals surface area contributed by atoms with Crippen LogP contribution in [0.1, 0.15) is 18.4 Å². The van der Waals surface area contributed by atoms with Gasteiger partial charge in [-0.1, -0.05) is 18.2 Å². The monoisotopic (exact) mass is 273 g/mol. The number of carbonyl (C=O) groups excluding carboxylic acids is 1. The number of imidazole rings is 1. The second-order valence-electron chi connectivity index (χ2n) is 4.78. The molecule has 1 heterocycles. The normalized spacial score (nSPS) is 10.4. The summed E-state index contributed by atoms with van der Waals surface area (Å²) in [6, 6.07) is 7.08. The number of aryl methyl sites for hydroxylation is 1. The molecule has 0 aliphatic rings. The Bertz CT molecular complexity index is 552. The van der Waals surface area contributed by atoms with Gasteiger partial charge in [0.15, 0.2) is 0 Å². The van der Waals surface area contributed by atoms with Crippen molar-refractivity contribution in [1.82, 2.24) is 14.5 Å². The maximum absolute atomic E-state index is 12.0. The van der Waals surface area contributed by atoms with E-state index in [1.165, 1.54) is 0 Å². The number of aromatic nitrogens is 2. The van der Waals surface area contributed by atoms with Crippen LogP contribution in [0.5, 0.6) is 5.75 Å². The van der Waals surface area contributed by atoms with Crippen molar-refractivity contribution >= 4 is 5.91 Å². The lowest BCUT2D eigenvalue weighted by molar-refractivity contribution is -0.130. The molecule has 0 bridgehead atoms. The van der Waals surface area contributed by atoms with Crippen molar-refractivity contribution < 1.29 is 9.90 Å². The molecule has 0 aliphatic carbocycles. The van der Waals surface area contributed by atoms with E-state index < -0.39 is 0 Å². The first-order chi connectivity index (χ1) is 9.66. The maximum atomic E-state index is 12.0. The summed E-state index contributed by atoms with van der Waals surface area (Å²) in [5.41, 5.74) is 0.762. The first kappa shape index (κ1) is 14.1. The van der Waals surface area contributed by atoms with E-state index in [9.17, 15) is 9.90 Å². The summed E-state index contributed by atoms with van der Waals surface area (Å²) in [5, 5.41) is 9.69. The Kier molecular flexibility index (Phi) is 4.76. The Morgan fingerprint density at radius 3 is 2.90 bits per heavy atom. The van der Waals surface area contributed by atoms with Crippen LogP contribution in [0, 0.1) is 0 Å². The van der Waals surface area contributed by atoms with E-state index in [0.717, 1.165) is 18.5 Å². The Morgan fingerprint density at radius 1 is 1.40 bits per heavy atom. The van der Waals surface area contributed by atoms with E-state index in [4.69, 9.17) is 0 Å². The van der Waals surface area contributed by atoms with E-state index >= 15 is 0 Å². The third-order valence-corrected chi connectivity index (χ3v) is 3.19. The molecule has 0 fully saturated rings. The van der Waals surface area contributed by atoms with Crippen molar-refractivity contribution in [3.8, 4) is 5.75 Å². The Balaban J connectivity index is 1.79. The van der Waals surface area contributed by atoms with Crippen molar-refractivity contribution in [3.63, 3.8) is 0 Å². The number of amides is 1. The molecule has 2 rings (SSSR count). The van der Waals surface area contributed by atoms with Crippen molar-refractivity contribution in [2.24, 2.45) is 0 Å². The highest BCUT2D eigenvalue weighted by Crippen LogP contribution is 2.17. The first-order valence-corrected chi connectivity index (χ1v) is 6.63. The van der Waals surface area contributed by atoms with Crippen molar-refractivity contribution in [1.29, 1.82) is 0 Å². The zero-order valence-corrected chi connectivity index (χ0v) is 11.6. The van der Waals surface area contributed by atoms with Gasteiger partial charge in [0.25, 0.3) is 0 Å². The van der Waals surface area contributed by atoms with Crippen molar-refractivity contribution in [2.75, 3.05) is 7.05 Å². The number of phenolic OH excluding ortho intramolecular Hbond substituents is 1. The van der Waals surface area contributed by atoms with Crippen LogP contribution in [0.2, 0.25) is 0 Å². The summed E-state index contributed by atoms with van der Waals surface area (Å²) < 4.78 is 1.95. The summed E-state index contributed by atoms with van der Waals surface area (Å²) in [4.78, 5) is 17.6. The van der Waals surface area contributed by atoms with Gasteiger partial charge in [-0.3, -0.25) is 4.79 Å². The molecule has 0 aliphatic heterocycles. The van der Waals surface area contributed by atoms with E-state index in [1.54, 1.807) is 36.6 Å². The van der Waals surface area contributed by atoms with Gasteiger partial charge in [0.05, 0.1) is 6.33 Å². The molecule has 0 saturated carbocycles. The maximum Gasteiger partial charge on any atom is 0.222 e. The molecule has 0 atom stereocenters. The average molecular weight is 273 g/mol. The lowest BCUT2D eigenvalue weighted by Crippen LogP contribution is -2.26. The second kappa shape index (κ2) is 6.75. The fraction of sp³-hybridized carbons (Fsp3) is 0.333. The minimum absolute atomic E-state index is 0.0772. The predicted molar refractivity (Wildman–Crippen MR) is 76.0 cm³/mol. The summed E-state index contributed by atoms with van der Waals surface area (Å²) >= 11 is 0. The van der Waals surface area contributed by atoms with Crippen molar-refractivity contribution in [2.45, 2.75) is 25.9 Å². The van der Waals surface area contributed by atoms with Gasteiger partial charge in [-0.15, -0.1) is 0 Å². The highest BCUT2D eigenvalue weighted by Gasteiger charge is 2.10. The number of aromatic hydroxyl groups is 1. The predicted octanol–water partition coefficient (Wildman–Crippen LogP) is 2.03. The topological polar surface area (TPSA) is 58.4 Å². The molecule has 1 N–H and O–H groups in total. The molecule has 0 spiro atoms. The summed E-state index contributed by atoms with van der Waals surface area (Å²) in [5.74, 6) is 0.305. The number of carbonyl (C=O) groups is 1. The molecule has 0 saturated heterocycles. The molecule has 0 radical (unpaired) electrons. The Morgan fingerprint density at radius 2 is 2.20 bits per heavy atom.